The van der Waals surface area contributed by atoms with Crippen LogP contribution < -0.4 is 10.6 Å². The summed E-state index contributed by atoms with van der Waals surface area (Å²) in [6, 6.07) is 6.82. The molecule has 166 valence electrons. The Morgan fingerprint density at radius 1 is 1.10 bits per heavy atom. The summed E-state index contributed by atoms with van der Waals surface area (Å²) in [7, 11) is 0. The molecule has 1 aliphatic rings. The van der Waals surface area contributed by atoms with Crippen molar-refractivity contribution in [1.82, 2.24) is 15.5 Å². The highest BCUT2D eigenvalue weighted by Crippen LogP contribution is 2.23. The largest absolute Gasteiger partial charge is 0.354 e. The molecule has 2 N–H and O–H groups in total. The molecule has 0 aromatic heterocycles. The molecule has 0 aliphatic carbocycles. The number of hydrogen-bond acceptors (Lipinski definition) is 3. The predicted molar refractivity (Wildman–Crippen MR) is 122 cm³/mol. The van der Waals surface area contributed by atoms with E-state index >= 15 is 0 Å². The standard InChI is InChI=1S/C23H34BrN3O3/c1-15(2)12-20(28)26-21(22(29)25-14-16(3)4)17-8-10-27(11-9-17)23(30)18-6-5-7-19(24)13-18/h5-7,13,15-17,21H,8-12,14H2,1-4H3,(H,25,29)(H,26,28)/t21-/m1/s1. The maximum Gasteiger partial charge on any atom is 0.253 e. The Morgan fingerprint density at radius 2 is 1.77 bits per heavy atom. The Morgan fingerprint density at radius 3 is 2.33 bits per heavy atom. The molecule has 6 nitrogen and oxygen atoms in total. The van der Waals surface area contributed by atoms with Gasteiger partial charge < -0.3 is 15.5 Å². The van der Waals surface area contributed by atoms with Crippen LogP contribution >= 0.6 is 15.9 Å². The molecule has 0 spiro atoms. The van der Waals surface area contributed by atoms with Gasteiger partial charge in [-0.05, 0) is 48.8 Å². The molecule has 1 saturated heterocycles. The predicted octanol–water partition coefficient (Wildman–Crippen LogP) is 3.60. The number of halogens is 1. The van der Waals surface area contributed by atoms with Gasteiger partial charge in [0.2, 0.25) is 11.8 Å². The van der Waals surface area contributed by atoms with Crippen molar-refractivity contribution in [3.05, 3.63) is 34.3 Å². The van der Waals surface area contributed by atoms with Gasteiger partial charge >= 0.3 is 0 Å². The Balaban J connectivity index is 2.02. The van der Waals surface area contributed by atoms with E-state index < -0.39 is 6.04 Å². The molecule has 0 radical (unpaired) electrons. The van der Waals surface area contributed by atoms with Crippen molar-refractivity contribution in [1.29, 1.82) is 0 Å². The number of nitrogens with zero attached hydrogens (tertiary/aromatic N) is 1. The number of likely N-dealkylation sites (tertiary alicyclic amines) is 1. The van der Waals surface area contributed by atoms with Crippen LogP contribution in [0.2, 0.25) is 0 Å². The summed E-state index contributed by atoms with van der Waals surface area (Å²) >= 11 is 3.41. The number of amides is 3. The normalized spacial score (nSPS) is 15.9. The first kappa shape index (κ1) is 24.4. The molecule has 1 atom stereocenters. The van der Waals surface area contributed by atoms with Crippen LogP contribution in [0.15, 0.2) is 28.7 Å². The third-order valence-corrected chi connectivity index (χ3v) is 5.74. The van der Waals surface area contributed by atoms with Crippen LogP contribution in [0.25, 0.3) is 0 Å². The molecule has 30 heavy (non-hydrogen) atoms. The van der Waals surface area contributed by atoms with E-state index in [0.29, 0.717) is 50.4 Å². The SMILES string of the molecule is CC(C)CNC(=O)[C@H](NC(=O)CC(C)C)C1CCN(C(=O)c2cccc(Br)c2)CC1. The van der Waals surface area contributed by atoms with Crippen LogP contribution in [0.1, 0.15) is 57.3 Å². The van der Waals surface area contributed by atoms with E-state index in [1.807, 2.05) is 56.9 Å². The highest BCUT2D eigenvalue weighted by Gasteiger charge is 2.34. The summed E-state index contributed by atoms with van der Waals surface area (Å²) in [6.07, 6.45) is 1.76. The van der Waals surface area contributed by atoms with Gasteiger partial charge in [-0.1, -0.05) is 49.7 Å². The second-order valence-electron chi connectivity index (χ2n) is 8.92. The van der Waals surface area contributed by atoms with Crippen LogP contribution in [0.5, 0.6) is 0 Å². The minimum absolute atomic E-state index is 0.000553. The summed E-state index contributed by atoms with van der Waals surface area (Å²) in [5.74, 6) is 0.360. The van der Waals surface area contributed by atoms with Crippen LogP contribution in [-0.2, 0) is 9.59 Å². The number of hydrogen-bond donors (Lipinski definition) is 2. The topological polar surface area (TPSA) is 78.5 Å². The molecule has 0 unspecified atom stereocenters. The van der Waals surface area contributed by atoms with Crippen LogP contribution in [0.3, 0.4) is 0 Å². The molecule has 3 amide bonds. The molecular formula is C23H34BrN3O3. The average Bonchev–Trinajstić information content (AvgIpc) is 2.69. The highest BCUT2D eigenvalue weighted by atomic mass is 79.9. The Hall–Kier alpha value is -1.89. The monoisotopic (exact) mass is 479 g/mol. The van der Waals surface area contributed by atoms with E-state index in [1.165, 1.54) is 0 Å². The Labute approximate surface area is 188 Å². The van der Waals surface area contributed by atoms with Gasteiger partial charge in [0.1, 0.15) is 6.04 Å². The van der Waals surface area contributed by atoms with Crippen LogP contribution in [0, 0.1) is 17.8 Å². The lowest BCUT2D eigenvalue weighted by Crippen LogP contribution is -2.54. The minimum Gasteiger partial charge on any atom is -0.354 e. The zero-order valence-electron chi connectivity index (χ0n) is 18.4. The Bertz CT molecular complexity index is 743. The van der Waals surface area contributed by atoms with Crippen molar-refractivity contribution in [2.45, 2.75) is 53.0 Å². The third-order valence-electron chi connectivity index (χ3n) is 5.25. The van der Waals surface area contributed by atoms with Crippen molar-refractivity contribution < 1.29 is 14.4 Å². The fourth-order valence-corrected chi connectivity index (χ4v) is 4.05. The zero-order valence-corrected chi connectivity index (χ0v) is 20.0. The van der Waals surface area contributed by atoms with E-state index in [2.05, 4.69) is 26.6 Å². The van der Waals surface area contributed by atoms with Crippen molar-refractivity contribution in [2.75, 3.05) is 19.6 Å². The van der Waals surface area contributed by atoms with E-state index in [0.717, 1.165) is 4.47 Å². The molecule has 1 aromatic rings. The Kier molecular flexibility index (Phi) is 9.34. The quantitative estimate of drug-likeness (QED) is 0.597. The average molecular weight is 480 g/mol. The van der Waals surface area contributed by atoms with Crippen LogP contribution in [0.4, 0.5) is 0 Å². The molecule has 2 rings (SSSR count). The molecule has 1 heterocycles. The number of rotatable bonds is 8. The first-order valence-corrected chi connectivity index (χ1v) is 11.6. The minimum atomic E-state index is -0.557. The summed E-state index contributed by atoms with van der Waals surface area (Å²) in [4.78, 5) is 39.8. The maximum absolute atomic E-state index is 12.8. The molecule has 1 fully saturated rings. The van der Waals surface area contributed by atoms with Gasteiger partial charge in [-0.25, -0.2) is 0 Å². The number of piperidine rings is 1. The molecule has 0 saturated carbocycles. The first-order chi connectivity index (χ1) is 14.2. The van der Waals surface area contributed by atoms with Gasteiger partial charge in [0, 0.05) is 36.1 Å². The van der Waals surface area contributed by atoms with Gasteiger partial charge in [-0.2, -0.15) is 0 Å². The van der Waals surface area contributed by atoms with E-state index in [9.17, 15) is 14.4 Å². The summed E-state index contributed by atoms with van der Waals surface area (Å²) < 4.78 is 0.873. The summed E-state index contributed by atoms with van der Waals surface area (Å²) in [5.41, 5.74) is 0.652. The van der Waals surface area contributed by atoms with E-state index in [4.69, 9.17) is 0 Å². The molecule has 1 aromatic carbocycles. The van der Waals surface area contributed by atoms with Gasteiger partial charge in [0.05, 0.1) is 0 Å². The molecular weight excluding hydrogens is 446 g/mol. The number of benzene rings is 1. The van der Waals surface area contributed by atoms with Crippen molar-refractivity contribution in [3.63, 3.8) is 0 Å². The third kappa shape index (κ3) is 7.42. The molecule has 7 heteroatoms. The zero-order chi connectivity index (χ0) is 22.3. The summed E-state index contributed by atoms with van der Waals surface area (Å²) in [5, 5.41) is 5.93. The van der Waals surface area contributed by atoms with Crippen molar-refractivity contribution in [2.24, 2.45) is 17.8 Å². The number of carbonyl (C=O) groups is 3. The summed E-state index contributed by atoms with van der Waals surface area (Å²) in [6.45, 7) is 9.78. The lowest BCUT2D eigenvalue weighted by atomic mass is 9.88. The van der Waals surface area contributed by atoms with Gasteiger partial charge in [-0.15, -0.1) is 0 Å². The fourth-order valence-electron chi connectivity index (χ4n) is 3.66. The van der Waals surface area contributed by atoms with Gasteiger partial charge in [0.15, 0.2) is 0 Å². The second-order valence-corrected chi connectivity index (χ2v) is 9.84. The molecule has 1 aliphatic heterocycles. The first-order valence-electron chi connectivity index (χ1n) is 10.8. The smallest absolute Gasteiger partial charge is 0.253 e. The highest BCUT2D eigenvalue weighted by molar-refractivity contribution is 9.10. The lowest BCUT2D eigenvalue weighted by Gasteiger charge is -2.36. The van der Waals surface area contributed by atoms with E-state index in [1.54, 1.807) is 0 Å². The van der Waals surface area contributed by atoms with Gasteiger partial charge in [-0.3, -0.25) is 14.4 Å². The second kappa shape index (κ2) is 11.5. The number of carbonyl (C=O) groups excluding carboxylic acids is 3. The van der Waals surface area contributed by atoms with Crippen LogP contribution in [-0.4, -0.2) is 48.3 Å². The number of nitrogens with one attached hydrogen (secondary N) is 2. The van der Waals surface area contributed by atoms with Crippen molar-refractivity contribution >= 4 is 33.7 Å². The van der Waals surface area contributed by atoms with Gasteiger partial charge in [0.25, 0.3) is 5.91 Å². The molecule has 0 bridgehead atoms. The fraction of sp³-hybridized carbons (Fsp3) is 0.609. The van der Waals surface area contributed by atoms with E-state index in [-0.39, 0.29) is 29.6 Å². The van der Waals surface area contributed by atoms with Crippen molar-refractivity contribution in [3.8, 4) is 0 Å². The lowest BCUT2D eigenvalue weighted by molar-refractivity contribution is -0.131. The maximum atomic E-state index is 12.8.